The lowest BCUT2D eigenvalue weighted by Crippen LogP contribution is -2.62. The third-order valence-corrected chi connectivity index (χ3v) is 13.2. The number of piperidine rings is 2. The van der Waals surface area contributed by atoms with Crippen LogP contribution in [-0.4, -0.2) is 126 Å². The van der Waals surface area contributed by atoms with E-state index in [9.17, 15) is 19.2 Å². The van der Waals surface area contributed by atoms with Gasteiger partial charge in [0, 0.05) is 100 Å². The van der Waals surface area contributed by atoms with Crippen molar-refractivity contribution in [3.05, 3.63) is 81.8 Å². The van der Waals surface area contributed by atoms with E-state index in [1.807, 2.05) is 24.3 Å². The van der Waals surface area contributed by atoms with Crippen LogP contribution in [0, 0.1) is 12.0 Å². The zero-order valence-electron chi connectivity index (χ0n) is 31.5. The van der Waals surface area contributed by atoms with Crippen LogP contribution in [0.25, 0.3) is 4.85 Å². The molecule has 5 fully saturated rings. The second-order valence-corrected chi connectivity index (χ2v) is 16.8. The van der Waals surface area contributed by atoms with Crippen LogP contribution in [-0.2, 0) is 16.1 Å². The summed E-state index contributed by atoms with van der Waals surface area (Å²) in [5.74, 6) is -1.00. The molecule has 0 radical (unpaired) electrons. The van der Waals surface area contributed by atoms with E-state index < -0.39 is 23.8 Å². The van der Waals surface area contributed by atoms with Crippen molar-refractivity contribution in [2.45, 2.75) is 63.7 Å². The van der Waals surface area contributed by atoms with E-state index in [0.29, 0.717) is 33.9 Å². The molecule has 6 aliphatic rings. The molecule has 2 aromatic carbocycles. The molecule has 290 valence electrons. The fraction of sp³-hybridized carbons (Fsp3) is 0.488. The highest BCUT2D eigenvalue weighted by Crippen LogP contribution is 2.46. The molecule has 2 atom stereocenters. The summed E-state index contributed by atoms with van der Waals surface area (Å²) in [5, 5.41) is 12.0. The van der Waals surface area contributed by atoms with Crippen LogP contribution in [0.5, 0.6) is 0 Å². The first-order valence-corrected chi connectivity index (χ1v) is 20.0. The molecule has 0 aliphatic carbocycles. The molecule has 0 bridgehead atoms. The van der Waals surface area contributed by atoms with Crippen LogP contribution >= 0.6 is 11.6 Å². The fourth-order valence-corrected chi connectivity index (χ4v) is 9.96. The third-order valence-electron chi connectivity index (χ3n) is 12.9. The Kier molecular flexibility index (Phi) is 9.42. The molecule has 15 heteroatoms. The largest absolute Gasteiger partial charge is 0.369 e. The van der Waals surface area contributed by atoms with Gasteiger partial charge in [0.25, 0.3) is 11.8 Å². The number of imide groups is 2. The van der Waals surface area contributed by atoms with E-state index in [4.69, 9.17) is 18.2 Å². The van der Waals surface area contributed by atoms with Gasteiger partial charge in [-0.05, 0) is 80.5 Å². The van der Waals surface area contributed by atoms with E-state index in [0.717, 1.165) is 112 Å². The molecule has 9 rings (SSSR count). The maximum absolute atomic E-state index is 13.3. The Balaban J connectivity index is 0.724. The fourth-order valence-electron chi connectivity index (χ4n) is 9.74. The molecule has 6 aliphatic heterocycles. The van der Waals surface area contributed by atoms with Crippen LogP contribution < -0.4 is 20.0 Å². The zero-order chi connectivity index (χ0) is 38.7. The molecular weight excluding hydrogens is 732 g/mol. The lowest BCUT2D eigenvalue weighted by molar-refractivity contribution is -0.136. The Morgan fingerprint density at radius 1 is 0.875 bits per heavy atom. The maximum Gasteiger partial charge on any atom is 0.262 e. The van der Waals surface area contributed by atoms with Crippen molar-refractivity contribution in [3.63, 3.8) is 0 Å². The van der Waals surface area contributed by atoms with E-state index in [1.165, 1.54) is 0 Å². The first kappa shape index (κ1) is 36.5. The second kappa shape index (κ2) is 14.4. The van der Waals surface area contributed by atoms with E-state index in [2.05, 4.69) is 63.9 Å². The number of benzene rings is 2. The molecule has 1 N–H and O–H groups in total. The number of hydrogen-bond acceptors (Lipinski definition) is 11. The number of nitrogens with one attached hydrogen (secondary N) is 1. The molecule has 4 amide bonds. The van der Waals surface area contributed by atoms with Gasteiger partial charge in [-0.2, -0.15) is 5.10 Å². The standard InChI is InChI=1S/C41H45ClN10O4/c1-26-21-41(25-51(26)29-5-7-34(43-2)33(42)20-29)11-13-50(14-12-41)36-9-3-27(45-46-36)22-47-23-30(24-47)49-17-15-48(16-18-49)28-4-6-31-32(19-28)40(56)52(39(31)55)35-8-10-37(53)44-38(35)54/h3-7,9,19-20,26,30,35H,8,10-18,21-25H2,1H3,(H,44,53,54)/t26-,35?/m0/s1. The monoisotopic (exact) mass is 776 g/mol. The number of halogens is 1. The molecule has 7 heterocycles. The van der Waals surface area contributed by atoms with Crippen molar-refractivity contribution in [3.8, 4) is 0 Å². The first-order valence-electron chi connectivity index (χ1n) is 19.7. The average molecular weight is 777 g/mol. The van der Waals surface area contributed by atoms with Gasteiger partial charge in [0.15, 0.2) is 5.82 Å². The van der Waals surface area contributed by atoms with Crippen molar-refractivity contribution in [1.29, 1.82) is 0 Å². The molecule has 1 spiro atoms. The Hall–Kier alpha value is -5.10. The quantitative estimate of drug-likeness (QED) is 0.277. The van der Waals surface area contributed by atoms with Gasteiger partial charge < -0.3 is 14.7 Å². The number of likely N-dealkylation sites (tertiary alicyclic amines) is 1. The number of fused-ring (bicyclic) bond motifs is 1. The van der Waals surface area contributed by atoms with Gasteiger partial charge >= 0.3 is 0 Å². The van der Waals surface area contributed by atoms with Crippen LogP contribution in [0.1, 0.15) is 65.4 Å². The first-order chi connectivity index (χ1) is 27.1. The number of rotatable bonds is 7. The number of anilines is 3. The highest BCUT2D eigenvalue weighted by atomic mass is 35.5. The Bertz CT molecular complexity index is 2120. The Morgan fingerprint density at radius 3 is 2.32 bits per heavy atom. The number of carbonyl (C=O) groups is 4. The van der Waals surface area contributed by atoms with Crippen LogP contribution in [0.15, 0.2) is 48.5 Å². The summed E-state index contributed by atoms with van der Waals surface area (Å²) in [6.07, 6.45) is 3.60. The van der Waals surface area contributed by atoms with E-state index in [1.54, 1.807) is 12.1 Å². The average Bonchev–Trinajstić information content (AvgIpc) is 3.64. The third kappa shape index (κ3) is 6.65. The molecule has 56 heavy (non-hydrogen) atoms. The summed E-state index contributed by atoms with van der Waals surface area (Å²) in [6, 6.07) is 15.3. The second-order valence-electron chi connectivity index (χ2n) is 16.3. The number of piperazine rings is 1. The molecule has 1 unspecified atom stereocenters. The van der Waals surface area contributed by atoms with Gasteiger partial charge in [0.2, 0.25) is 17.5 Å². The minimum absolute atomic E-state index is 0.0982. The number of aromatic nitrogens is 2. The molecule has 3 aromatic rings. The topological polar surface area (TPSA) is 130 Å². The van der Waals surface area contributed by atoms with Crippen LogP contribution in [0.3, 0.4) is 0 Å². The SMILES string of the molecule is [C-]#[N+]c1ccc(N2CC3(CCN(c4ccc(CN5CC(N6CCN(c7ccc8c(c7)C(=O)N(C7CCC(=O)NC7=O)C8=O)CC6)C5)nn4)CC3)C[C@@H]2C)cc1Cl. The normalized spacial score (nSPS) is 24.4. The van der Waals surface area contributed by atoms with Gasteiger partial charge in [-0.1, -0.05) is 17.7 Å². The summed E-state index contributed by atoms with van der Waals surface area (Å²) in [5.41, 5.74) is 4.35. The lowest BCUT2D eigenvalue weighted by atomic mass is 9.77. The summed E-state index contributed by atoms with van der Waals surface area (Å²) in [4.78, 5) is 67.0. The van der Waals surface area contributed by atoms with E-state index >= 15 is 0 Å². The van der Waals surface area contributed by atoms with Gasteiger partial charge in [0.1, 0.15) is 6.04 Å². The van der Waals surface area contributed by atoms with Crippen LogP contribution in [0.4, 0.5) is 22.9 Å². The highest BCUT2D eigenvalue weighted by molar-refractivity contribution is 6.33. The minimum Gasteiger partial charge on any atom is -0.369 e. The lowest BCUT2D eigenvalue weighted by Gasteiger charge is -2.48. The molecule has 5 saturated heterocycles. The smallest absolute Gasteiger partial charge is 0.262 e. The molecule has 1 aromatic heterocycles. The number of amides is 4. The van der Waals surface area contributed by atoms with Crippen molar-refractivity contribution in [2.24, 2.45) is 5.41 Å². The van der Waals surface area contributed by atoms with Crippen molar-refractivity contribution >= 4 is 58.1 Å². The number of nitrogens with zero attached hydrogens (tertiary/aromatic N) is 9. The molecule has 0 saturated carbocycles. The zero-order valence-corrected chi connectivity index (χ0v) is 32.2. The maximum atomic E-state index is 13.3. The van der Waals surface area contributed by atoms with Crippen molar-refractivity contribution < 1.29 is 19.2 Å². The van der Waals surface area contributed by atoms with E-state index in [-0.39, 0.29) is 24.2 Å². The number of carbonyl (C=O) groups excluding carboxylic acids is 4. The van der Waals surface area contributed by atoms with Gasteiger partial charge in [-0.3, -0.25) is 39.2 Å². The van der Waals surface area contributed by atoms with Gasteiger partial charge in [0.05, 0.1) is 23.4 Å². The summed E-state index contributed by atoms with van der Waals surface area (Å²) >= 11 is 6.38. The van der Waals surface area contributed by atoms with Gasteiger partial charge in [-0.15, -0.1) is 5.10 Å². The summed E-state index contributed by atoms with van der Waals surface area (Å²) in [7, 11) is 0. The van der Waals surface area contributed by atoms with Gasteiger partial charge in [-0.25, -0.2) is 4.85 Å². The predicted octanol–water partition coefficient (Wildman–Crippen LogP) is 3.97. The summed E-state index contributed by atoms with van der Waals surface area (Å²) < 4.78 is 0. The number of hydrogen-bond donors (Lipinski definition) is 1. The highest BCUT2D eigenvalue weighted by Gasteiger charge is 2.46. The minimum atomic E-state index is -0.965. The molecule has 14 nitrogen and oxygen atoms in total. The predicted molar refractivity (Wildman–Crippen MR) is 211 cm³/mol. The Labute approximate surface area is 331 Å². The van der Waals surface area contributed by atoms with Crippen molar-refractivity contribution in [1.82, 2.24) is 30.2 Å². The molecular formula is C41H45ClN10O4. The van der Waals surface area contributed by atoms with Crippen molar-refractivity contribution in [2.75, 3.05) is 73.6 Å². The Morgan fingerprint density at radius 2 is 1.62 bits per heavy atom. The summed E-state index contributed by atoms with van der Waals surface area (Å²) in [6.45, 7) is 18.7. The van der Waals surface area contributed by atoms with Crippen LogP contribution in [0.2, 0.25) is 5.02 Å².